The van der Waals surface area contributed by atoms with E-state index in [0.29, 0.717) is 6.42 Å². The summed E-state index contributed by atoms with van der Waals surface area (Å²) >= 11 is 0. The molecule has 2 N–H and O–H groups in total. The first-order valence-electron chi connectivity index (χ1n) is 18.1. The zero-order chi connectivity index (χ0) is 33.3. The summed E-state index contributed by atoms with van der Waals surface area (Å²) in [6.45, 7) is 3.61. The summed E-state index contributed by atoms with van der Waals surface area (Å²) < 4.78 is 26.2. The highest BCUT2D eigenvalue weighted by Gasteiger charge is 2.22. The number of ether oxygens (including phenoxy) is 2. The number of rotatable bonds is 33. The average molecular weight is 659 g/mol. The quantitative estimate of drug-likeness (QED) is 0.0309. The van der Waals surface area contributed by atoms with Gasteiger partial charge in [-0.05, 0) is 57.8 Å². The van der Waals surface area contributed by atoms with Crippen molar-refractivity contribution >= 4 is 19.8 Å². The Balaban J connectivity index is 3.97. The number of allylic oxidation sites excluding steroid dienone is 4. The Morgan fingerprint density at radius 3 is 1.42 bits per heavy atom. The Morgan fingerprint density at radius 2 is 0.956 bits per heavy atom. The lowest BCUT2D eigenvalue weighted by molar-refractivity contribution is -0.161. The van der Waals surface area contributed by atoms with Gasteiger partial charge in [0.2, 0.25) is 0 Å². The summed E-state index contributed by atoms with van der Waals surface area (Å²) in [6.07, 6.45) is 34.7. The van der Waals surface area contributed by atoms with Gasteiger partial charge < -0.3 is 19.3 Å². The normalized spacial score (nSPS) is 12.7. The van der Waals surface area contributed by atoms with Crippen molar-refractivity contribution in [1.29, 1.82) is 0 Å². The van der Waals surface area contributed by atoms with E-state index in [1.54, 1.807) is 0 Å². The van der Waals surface area contributed by atoms with E-state index in [0.717, 1.165) is 57.8 Å². The smallest absolute Gasteiger partial charge is 0.462 e. The van der Waals surface area contributed by atoms with Crippen molar-refractivity contribution in [3.8, 4) is 0 Å². The molecule has 0 unspecified atom stereocenters. The van der Waals surface area contributed by atoms with Crippen molar-refractivity contribution in [2.45, 2.75) is 180 Å². The van der Waals surface area contributed by atoms with E-state index in [2.05, 4.69) is 42.7 Å². The molecule has 0 aliphatic rings. The number of phosphoric acid groups is 1. The van der Waals surface area contributed by atoms with Gasteiger partial charge in [0.25, 0.3) is 0 Å². The lowest BCUT2D eigenvalue weighted by Gasteiger charge is -2.18. The van der Waals surface area contributed by atoms with E-state index in [4.69, 9.17) is 19.3 Å². The second-order valence-corrected chi connectivity index (χ2v) is 13.4. The van der Waals surface area contributed by atoms with E-state index in [1.165, 1.54) is 83.5 Å². The van der Waals surface area contributed by atoms with E-state index >= 15 is 0 Å². The van der Waals surface area contributed by atoms with Crippen LogP contribution >= 0.6 is 7.82 Å². The Labute approximate surface area is 275 Å². The summed E-state index contributed by atoms with van der Waals surface area (Å²) in [5.41, 5.74) is 0. The number of hydrogen-bond acceptors (Lipinski definition) is 6. The van der Waals surface area contributed by atoms with Gasteiger partial charge in [-0.15, -0.1) is 0 Å². The van der Waals surface area contributed by atoms with Crippen LogP contribution in [0.5, 0.6) is 0 Å². The van der Waals surface area contributed by atoms with Crippen molar-refractivity contribution in [2.75, 3.05) is 13.2 Å². The molecule has 0 aromatic carbocycles. The SMILES string of the molecule is CCCC/C=C/CCCCCCCCCCCC(=O)OC[C@H](COP(=O)(O)O)OC(=O)CCCCCCC/C=C/CCCCC. The highest BCUT2D eigenvalue weighted by Crippen LogP contribution is 2.36. The van der Waals surface area contributed by atoms with Crippen LogP contribution in [0.15, 0.2) is 24.3 Å². The van der Waals surface area contributed by atoms with E-state index in [-0.39, 0.29) is 19.4 Å². The molecule has 8 nitrogen and oxygen atoms in total. The van der Waals surface area contributed by atoms with Crippen molar-refractivity contribution in [1.82, 2.24) is 0 Å². The number of hydrogen-bond donors (Lipinski definition) is 2. The lowest BCUT2D eigenvalue weighted by Crippen LogP contribution is -2.29. The molecule has 45 heavy (non-hydrogen) atoms. The fraction of sp³-hybridized carbons (Fsp3) is 0.833. The molecule has 0 heterocycles. The highest BCUT2D eigenvalue weighted by molar-refractivity contribution is 7.46. The molecule has 0 aliphatic carbocycles. The number of esters is 2. The van der Waals surface area contributed by atoms with Gasteiger partial charge in [0.05, 0.1) is 6.61 Å². The van der Waals surface area contributed by atoms with Gasteiger partial charge >= 0.3 is 19.8 Å². The molecule has 0 radical (unpaired) electrons. The third-order valence-corrected chi connectivity index (χ3v) is 8.18. The predicted octanol–water partition coefficient (Wildman–Crippen LogP) is 10.5. The van der Waals surface area contributed by atoms with Gasteiger partial charge in [-0.2, -0.15) is 0 Å². The molecule has 0 rings (SSSR count). The lowest BCUT2D eigenvalue weighted by atomic mass is 10.1. The molecule has 0 spiro atoms. The van der Waals surface area contributed by atoms with Gasteiger partial charge in [-0.3, -0.25) is 14.1 Å². The van der Waals surface area contributed by atoms with E-state index in [1.807, 2.05) is 0 Å². The van der Waals surface area contributed by atoms with Crippen molar-refractivity contribution in [3.05, 3.63) is 24.3 Å². The molecule has 0 aromatic rings. The standard InChI is InChI=1S/C36H67O8P/c1-3-5-7-9-11-13-15-17-18-19-21-22-24-26-28-30-35(37)42-32-34(33-43-45(39,40)41)44-36(38)31-29-27-25-23-20-16-14-12-10-8-6-4-2/h9,11-12,14,34H,3-8,10,13,15-33H2,1-2H3,(H2,39,40,41)/b11-9+,14-12+/t34-/m1/s1. The fourth-order valence-corrected chi connectivity index (χ4v) is 5.30. The maximum absolute atomic E-state index is 12.3. The predicted molar refractivity (Wildman–Crippen MR) is 184 cm³/mol. The Morgan fingerprint density at radius 1 is 0.556 bits per heavy atom. The van der Waals surface area contributed by atoms with E-state index in [9.17, 15) is 14.2 Å². The monoisotopic (exact) mass is 658 g/mol. The van der Waals surface area contributed by atoms with Crippen LogP contribution in [-0.4, -0.2) is 41.0 Å². The van der Waals surface area contributed by atoms with E-state index < -0.39 is 32.5 Å². The first kappa shape index (κ1) is 43.5. The molecule has 0 aliphatic heterocycles. The van der Waals surface area contributed by atoms with Crippen LogP contribution in [0.1, 0.15) is 174 Å². The topological polar surface area (TPSA) is 119 Å². The van der Waals surface area contributed by atoms with Gasteiger partial charge in [0.15, 0.2) is 6.10 Å². The molecule has 0 bridgehead atoms. The van der Waals surface area contributed by atoms with Gasteiger partial charge in [-0.1, -0.05) is 128 Å². The van der Waals surface area contributed by atoms with Gasteiger partial charge in [0.1, 0.15) is 6.61 Å². The summed E-state index contributed by atoms with van der Waals surface area (Å²) in [7, 11) is -4.75. The molecular weight excluding hydrogens is 591 g/mol. The third kappa shape index (κ3) is 35.2. The largest absolute Gasteiger partial charge is 0.469 e. The average Bonchev–Trinajstić information content (AvgIpc) is 3.00. The van der Waals surface area contributed by atoms with Gasteiger partial charge in [-0.25, -0.2) is 4.57 Å². The molecule has 0 amide bonds. The fourth-order valence-electron chi connectivity index (χ4n) is 4.94. The highest BCUT2D eigenvalue weighted by atomic mass is 31.2. The number of carbonyl (C=O) groups is 2. The minimum Gasteiger partial charge on any atom is -0.462 e. The molecule has 1 atom stereocenters. The van der Waals surface area contributed by atoms with Crippen LogP contribution in [0, 0.1) is 0 Å². The number of phosphoric ester groups is 1. The second-order valence-electron chi connectivity index (χ2n) is 12.2. The van der Waals surface area contributed by atoms with Crippen molar-refractivity contribution in [3.63, 3.8) is 0 Å². The van der Waals surface area contributed by atoms with Crippen LogP contribution in [0.25, 0.3) is 0 Å². The van der Waals surface area contributed by atoms with Crippen molar-refractivity contribution < 1.29 is 37.9 Å². The molecule has 0 saturated carbocycles. The maximum atomic E-state index is 12.3. The molecule has 0 saturated heterocycles. The summed E-state index contributed by atoms with van der Waals surface area (Å²) in [4.78, 5) is 42.6. The van der Waals surface area contributed by atoms with Crippen LogP contribution < -0.4 is 0 Å². The summed E-state index contributed by atoms with van der Waals surface area (Å²) in [5.74, 6) is -0.897. The van der Waals surface area contributed by atoms with Crippen LogP contribution in [0.4, 0.5) is 0 Å². The summed E-state index contributed by atoms with van der Waals surface area (Å²) in [5, 5.41) is 0. The molecule has 264 valence electrons. The zero-order valence-electron chi connectivity index (χ0n) is 28.8. The van der Waals surface area contributed by atoms with Crippen LogP contribution in [-0.2, 0) is 28.2 Å². The zero-order valence-corrected chi connectivity index (χ0v) is 29.7. The maximum Gasteiger partial charge on any atom is 0.469 e. The molecule has 9 heteroatoms. The van der Waals surface area contributed by atoms with Crippen molar-refractivity contribution in [2.24, 2.45) is 0 Å². The molecular formula is C36H67O8P. The third-order valence-electron chi connectivity index (χ3n) is 7.69. The minimum absolute atomic E-state index is 0.203. The second kappa shape index (κ2) is 32.5. The van der Waals surface area contributed by atoms with Gasteiger partial charge in [0, 0.05) is 12.8 Å². The first-order valence-corrected chi connectivity index (χ1v) is 19.7. The van der Waals surface area contributed by atoms with Crippen LogP contribution in [0.2, 0.25) is 0 Å². The first-order chi connectivity index (χ1) is 21.8. The van der Waals surface area contributed by atoms with Crippen LogP contribution in [0.3, 0.4) is 0 Å². The minimum atomic E-state index is -4.75. The number of unbranched alkanes of at least 4 members (excludes halogenated alkanes) is 19. The molecule has 0 aromatic heterocycles. The molecule has 0 fully saturated rings. The Kier molecular flexibility index (Phi) is 31.4. The Hall–Kier alpha value is -1.47. The summed E-state index contributed by atoms with van der Waals surface area (Å²) in [6, 6.07) is 0. The Bertz CT molecular complexity index is 792. The number of carbonyl (C=O) groups excluding carboxylic acids is 2.